The van der Waals surface area contributed by atoms with Crippen LogP contribution in [0.5, 0.6) is 0 Å². The van der Waals surface area contributed by atoms with Gasteiger partial charge >= 0.3 is 0 Å². The largest absolute Gasteiger partial charge is 0.354 e. The van der Waals surface area contributed by atoms with E-state index < -0.39 is 0 Å². The maximum atomic E-state index is 4.34. The van der Waals surface area contributed by atoms with Gasteiger partial charge in [-0.1, -0.05) is 41.7 Å². The fourth-order valence-electron chi connectivity index (χ4n) is 5.30. The molecule has 0 saturated carbocycles. The Hall–Kier alpha value is -3.75. The minimum Gasteiger partial charge on any atom is -0.354 e. The van der Waals surface area contributed by atoms with Crippen molar-refractivity contribution in [2.75, 3.05) is 24.8 Å². The minimum absolute atomic E-state index is 0.847. The number of pyridine rings is 1. The first-order chi connectivity index (χ1) is 19.1. The second-order valence-electron chi connectivity index (χ2n) is 10.5. The Morgan fingerprint density at radius 2 is 1.79 bits per heavy atom. The lowest BCUT2D eigenvalue weighted by Crippen LogP contribution is -2.42. The SMILES string of the molecule is CCCCN1NN=NN1c1ccc2[nH]c(-c3cc(C)cc(C)c3)c(CCNCCCCc3cccnc3)c2c1. The van der Waals surface area contributed by atoms with Crippen molar-refractivity contribution in [2.24, 2.45) is 10.4 Å². The van der Waals surface area contributed by atoms with Crippen molar-refractivity contribution in [3.8, 4) is 11.3 Å². The number of fused-ring (bicyclic) bond motifs is 1. The minimum atomic E-state index is 0.847. The van der Waals surface area contributed by atoms with Crippen LogP contribution in [-0.2, 0) is 12.8 Å². The molecule has 0 radical (unpaired) electrons. The lowest BCUT2D eigenvalue weighted by molar-refractivity contribution is 0.209. The summed E-state index contributed by atoms with van der Waals surface area (Å²) >= 11 is 0. The summed E-state index contributed by atoms with van der Waals surface area (Å²) in [6, 6.07) is 17.5. The van der Waals surface area contributed by atoms with Gasteiger partial charge in [-0.15, -0.1) is 0 Å². The summed E-state index contributed by atoms with van der Waals surface area (Å²) in [6.07, 6.45) is 10.3. The summed E-state index contributed by atoms with van der Waals surface area (Å²) in [5.41, 5.74) is 12.8. The summed E-state index contributed by atoms with van der Waals surface area (Å²) in [7, 11) is 0. The van der Waals surface area contributed by atoms with E-state index in [2.05, 4.69) is 94.5 Å². The zero-order valence-corrected chi connectivity index (χ0v) is 23.4. The van der Waals surface area contributed by atoms with Crippen LogP contribution in [0.25, 0.3) is 22.2 Å². The average molecular weight is 525 g/mol. The van der Waals surface area contributed by atoms with Crippen LogP contribution in [0.2, 0.25) is 0 Å². The van der Waals surface area contributed by atoms with E-state index in [-0.39, 0.29) is 0 Å². The van der Waals surface area contributed by atoms with Crippen molar-refractivity contribution in [1.29, 1.82) is 0 Å². The summed E-state index contributed by atoms with van der Waals surface area (Å²) in [5, 5.41) is 17.1. The van der Waals surface area contributed by atoms with E-state index in [1.54, 1.807) is 0 Å². The van der Waals surface area contributed by atoms with Gasteiger partial charge in [-0.25, -0.2) is 0 Å². The third-order valence-electron chi connectivity index (χ3n) is 7.22. The van der Waals surface area contributed by atoms with E-state index in [1.165, 1.54) is 38.9 Å². The molecular formula is C31H40N8. The number of benzene rings is 2. The molecule has 1 aliphatic heterocycles. The number of aromatic amines is 1. The van der Waals surface area contributed by atoms with E-state index in [0.717, 1.165) is 69.4 Å². The lowest BCUT2D eigenvalue weighted by atomic mass is 9.99. The quantitative estimate of drug-likeness (QED) is 0.171. The molecule has 0 aliphatic carbocycles. The van der Waals surface area contributed by atoms with Crippen LogP contribution >= 0.6 is 0 Å². The average Bonchev–Trinajstić information content (AvgIpc) is 3.56. The number of H-pyrrole nitrogens is 1. The molecule has 0 atom stereocenters. The molecule has 8 heteroatoms. The Kier molecular flexibility index (Phi) is 8.85. The molecule has 0 fully saturated rings. The fraction of sp³-hybridized carbons (Fsp3) is 0.387. The van der Waals surface area contributed by atoms with Crippen molar-refractivity contribution in [3.05, 3.63) is 83.2 Å². The van der Waals surface area contributed by atoms with Gasteiger partial charge in [-0.05, 0) is 123 Å². The molecule has 0 amide bonds. The molecule has 0 bridgehead atoms. The molecule has 3 N–H and O–H groups in total. The van der Waals surface area contributed by atoms with Gasteiger partial charge in [-0.3, -0.25) is 4.98 Å². The van der Waals surface area contributed by atoms with E-state index >= 15 is 0 Å². The maximum Gasteiger partial charge on any atom is 0.0826 e. The number of aromatic nitrogens is 2. The summed E-state index contributed by atoms with van der Waals surface area (Å²) in [5.74, 6) is 0. The van der Waals surface area contributed by atoms with Crippen molar-refractivity contribution in [3.63, 3.8) is 0 Å². The van der Waals surface area contributed by atoms with Gasteiger partial charge in [0.05, 0.1) is 5.69 Å². The van der Waals surface area contributed by atoms with Gasteiger partial charge < -0.3 is 10.3 Å². The van der Waals surface area contributed by atoms with Crippen molar-refractivity contribution < 1.29 is 0 Å². The summed E-state index contributed by atoms with van der Waals surface area (Å²) in [6.45, 7) is 9.31. The number of hydrogen-bond donors (Lipinski definition) is 3. The number of unbranched alkanes of at least 4 members (excludes halogenated alkanes) is 2. The maximum absolute atomic E-state index is 4.34. The third kappa shape index (κ3) is 6.64. The van der Waals surface area contributed by atoms with Crippen molar-refractivity contribution >= 4 is 16.6 Å². The zero-order chi connectivity index (χ0) is 27.0. The molecule has 204 valence electrons. The number of rotatable bonds is 13. The topological polar surface area (TPSA) is 83.9 Å². The standard InChI is InChI=1S/C31H40N8/c1-4-5-17-38-36-35-37-39(38)27-11-12-30-29(21-27)28(31(34-30)26-19-23(2)18-24(3)20-26)13-16-32-14-7-6-9-25-10-8-15-33-22-25/h8,10-12,15,18-22,32,34H,4-7,9,13-14,16-17H2,1-3H3,(H,36,37). The van der Waals surface area contributed by atoms with Crippen LogP contribution < -0.4 is 16.0 Å². The molecule has 1 aliphatic rings. The number of hydrazine groups is 2. The van der Waals surface area contributed by atoms with Gasteiger partial charge in [-0.2, -0.15) is 10.7 Å². The number of hydrogen-bond acceptors (Lipinski definition) is 7. The Morgan fingerprint density at radius 1 is 0.923 bits per heavy atom. The monoisotopic (exact) mass is 524 g/mol. The highest BCUT2D eigenvalue weighted by atomic mass is 16.0. The molecular weight excluding hydrogens is 484 g/mol. The first-order valence-corrected chi connectivity index (χ1v) is 14.2. The number of nitrogens with zero attached hydrogens (tertiary/aromatic N) is 5. The van der Waals surface area contributed by atoms with E-state index in [0.29, 0.717) is 0 Å². The van der Waals surface area contributed by atoms with Gasteiger partial charge in [0.1, 0.15) is 0 Å². The van der Waals surface area contributed by atoms with Crippen LogP contribution in [0.3, 0.4) is 0 Å². The molecule has 0 saturated heterocycles. The predicted molar refractivity (Wildman–Crippen MR) is 159 cm³/mol. The Labute approximate surface area is 231 Å². The second-order valence-corrected chi connectivity index (χ2v) is 10.5. The van der Waals surface area contributed by atoms with Gasteiger partial charge in [0.15, 0.2) is 0 Å². The number of anilines is 1. The summed E-state index contributed by atoms with van der Waals surface area (Å²) in [4.78, 5) is 7.96. The summed E-state index contributed by atoms with van der Waals surface area (Å²) < 4.78 is 0. The van der Waals surface area contributed by atoms with Gasteiger partial charge in [0.25, 0.3) is 0 Å². The number of aryl methyl sites for hydroxylation is 3. The predicted octanol–water partition coefficient (Wildman–Crippen LogP) is 6.63. The molecule has 2 aromatic heterocycles. The fourth-order valence-corrected chi connectivity index (χ4v) is 5.30. The van der Waals surface area contributed by atoms with Crippen LogP contribution in [0.1, 0.15) is 54.9 Å². The Bertz CT molecular complexity index is 1370. The Balaban J connectivity index is 1.33. The van der Waals surface area contributed by atoms with Gasteiger partial charge in [0, 0.05) is 35.5 Å². The van der Waals surface area contributed by atoms with Gasteiger partial charge in [0.2, 0.25) is 0 Å². The van der Waals surface area contributed by atoms with E-state index in [1.807, 2.05) is 28.7 Å². The molecule has 0 unspecified atom stereocenters. The van der Waals surface area contributed by atoms with Crippen LogP contribution in [0.4, 0.5) is 5.69 Å². The highest BCUT2D eigenvalue weighted by Crippen LogP contribution is 2.34. The molecule has 4 aromatic rings. The molecule has 8 nitrogen and oxygen atoms in total. The van der Waals surface area contributed by atoms with Crippen molar-refractivity contribution in [1.82, 2.24) is 25.9 Å². The molecule has 39 heavy (non-hydrogen) atoms. The highest BCUT2D eigenvalue weighted by molar-refractivity contribution is 5.93. The molecule has 5 rings (SSSR count). The van der Waals surface area contributed by atoms with E-state index in [9.17, 15) is 0 Å². The molecule has 2 aromatic carbocycles. The molecule has 0 spiro atoms. The van der Waals surface area contributed by atoms with Crippen LogP contribution in [0.15, 0.2) is 71.4 Å². The normalized spacial score (nSPS) is 13.5. The van der Waals surface area contributed by atoms with Crippen LogP contribution in [0, 0.1) is 13.8 Å². The zero-order valence-electron chi connectivity index (χ0n) is 23.4. The first kappa shape index (κ1) is 26.8. The second kappa shape index (κ2) is 12.9. The lowest BCUT2D eigenvalue weighted by Gasteiger charge is -2.23. The van der Waals surface area contributed by atoms with Crippen molar-refractivity contribution in [2.45, 2.75) is 59.3 Å². The third-order valence-corrected chi connectivity index (χ3v) is 7.22. The smallest absolute Gasteiger partial charge is 0.0826 e. The number of nitrogens with one attached hydrogen (secondary N) is 3. The first-order valence-electron chi connectivity index (χ1n) is 14.2. The molecule has 3 heterocycles. The van der Waals surface area contributed by atoms with Crippen LogP contribution in [-0.4, -0.2) is 34.7 Å². The Morgan fingerprint density at radius 3 is 2.59 bits per heavy atom. The van der Waals surface area contributed by atoms with E-state index in [4.69, 9.17) is 0 Å². The highest BCUT2D eigenvalue weighted by Gasteiger charge is 2.22.